The Morgan fingerprint density at radius 1 is 1.25 bits per heavy atom. The predicted molar refractivity (Wildman–Crippen MR) is 82.6 cm³/mol. The largest absolute Gasteiger partial charge is 0.457 e. The number of benzene rings is 2. The van der Waals surface area contributed by atoms with E-state index in [0.717, 1.165) is 27.1 Å². The maximum Gasteiger partial charge on any atom is 0.133 e. The molecule has 2 rings (SSSR count). The number of nitrogens with two attached hydrogens (primary N) is 1. The van der Waals surface area contributed by atoms with Crippen molar-refractivity contribution in [1.82, 2.24) is 0 Å². The normalized spacial score (nSPS) is 11.7. The Morgan fingerprint density at radius 2 is 1.95 bits per heavy atom. The van der Waals surface area contributed by atoms with Crippen LogP contribution in [0.5, 0.6) is 11.5 Å². The molecule has 3 nitrogen and oxygen atoms in total. The Labute approximate surface area is 127 Å². The number of ether oxygens (including phenoxy) is 1. The number of hydrogen-bond acceptors (Lipinski definition) is 3. The molecule has 0 saturated heterocycles. The van der Waals surface area contributed by atoms with E-state index in [0.29, 0.717) is 6.42 Å². The van der Waals surface area contributed by atoms with E-state index >= 15 is 0 Å². The molecule has 0 spiro atoms. The van der Waals surface area contributed by atoms with Crippen molar-refractivity contribution < 1.29 is 4.74 Å². The molecule has 0 saturated carbocycles. The molecule has 0 fully saturated rings. The Balaban J connectivity index is 2.25. The van der Waals surface area contributed by atoms with Gasteiger partial charge in [-0.15, -0.1) is 0 Å². The minimum absolute atomic E-state index is 0.101. The standard InChI is InChI=1S/C16H15BrN2O/c1-11(19)15-7-4-13(17)10-16(15)20-14-5-2-12(3-6-14)8-9-18/h2-7,10-11H,8,19H2,1H3. The molecule has 0 aromatic heterocycles. The van der Waals surface area contributed by atoms with Crippen LogP contribution >= 0.6 is 15.9 Å². The summed E-state index contributed by atoms with van der Waals surface area (Å²) in [6.07, 6.45) is 0.405. The van der Waals surface area contributed by atoms with Gasteiger partial charge in [-0.05, 0) is 36.8 Å². The molecule has 0 amide bonds. The highest BCUT2D eigenvalue weighted by Crippen LogP contribution is 2.31. The highest BCUT2D eigenvalue weighted by atomic mass is 79.9. The Morgan fingerprint density at radius 3 is 2.55 bits per heavy atom. The van der Waals surface area contributed by atoms with E-state index in [-0.39, 0.29) is 6.04 Å². The van der Waals surface area contributed by atoms with Crippen LogP contribution in [0.2, 0.25) is 0 Å². The average molecular weight is 331 g/mol. The van der Waals surface area contributed by atoms with Gasteiger partial charge in [0.25, 0.3) is 0 Å². The molecule has 0 bridgehead atoms. The minimum Gasteiger partial charge on any atom is -0.457 e. The summed E-state index contributed by atoms with van der Waals surface area (Å²) >= 11 is 3.43. The first-order valence-corrected chi connectivity index (χ1v) is 7.08. The first-order chi connectivity index (χ1) is 9.60. The van der Waals surface area contributed by atoms with Crippen LogP contribution in [0.4, 0.5) is 0 Å². The zero-order valence-corrected chi connectivity index (χ0v) is 12.7. The molecule has 0 aliphatic heterocycles. The monoisotopic (exact) mass is 330 g/mol. The van der Waals surface area contributed by atoms with Crippen molar-refractivity contribution in [2.45, 2.75) is 19.4 Å². The number of nitrogens with zero attached hydrogens (tertiary/aromatic N) is 1. The molecular weight excluding hydrogens is 316 g/mol. The molecular formula is C16H15BrN2O. The summed E-state index contributed by atoms with van der Waals surface area (Å²) < 4.78 is 6.83. The van der Waals surface area contributed by atoms with Gasteiger partial charge in [0, 0.05) is 16.1 Å². The Hall–Kier alpha value is -1.83. The molecule has 0 aliphatic rings. The second kappa shape index (κ2) is 6.56. The lowest BCUT2D eigenvalue weighted by Gasteiger charge is -2.14. The second-order valence-corrected chi connectivity index (χ2v) is 5.47. The molecule has 2 aromatic carbocycles. The van der Waals surface area contributed by atoms with Crippen molar-refractivity contribution in [3.05, 3.63) is 58.1 Å². The van der Waals surface area contributed by atoms with Crippen LogP contribution in [0.15, 0.2) is 46.9 Å². The van der Waals surface area contributed by atoms with Gasteiger partial charge in [-0.3, -0.25) is 0 Å². The van der Waals surface area contributed by atoms with Gasteiger partial charge in [0.1, 0.15) is 11.5 Å². The van der Waals surface area contributed by atoms with Crippen LogP contribution < -0.4 is 10.5 Å². The van der Waals surface area contributed by atoms with Gasteiger partial charge < -0.3 is 10.5 Å². The van der Waals surface area contributed by atoms with Crippen molar-refractivity contribution >= 4 is 15.9 Å². The van der Waals surface area contributed by atoms with E-state index in [9.17, 15) is 0 Å². The molecule has 0 aliphatic carbocycles. The van der Waals surface area contributed by atoms with Gasteiger partial charge >= 0.3 is 0 Å². The van der Waals surface area contributed by atoms with Crippen molar-refractivity contribution in [2.24, 2.45) is 5.73 Å². The topological polar surface area (TPSA) is 59.0 Å². The summed E-state index contributed by atoms with van der Waals surface area (Å²) in [7, 11) is 0. The molecule has 20 heavy (non-hydrogen) atoms. The average Bonchev–Trinajstić information content (AvgIpc) is 2.41. The second-order valence-electron chi connectivity index (χ2n) is 4.55. The fourth-order valence-corrected chi connectivity index (χ4v) is 2.21. The molecule has 2 N–H and O–H groups in total. The summed E-state index contributed by atoms with van der Waals surface area (Å²) in [6, 6.07) is 15.3. The molecule has 0 radical (unpaired) electrons. The van der Waals surface area contributed by atoms with Crippen LogP contribution in [0, 0.1) is 11.3 Å². The van der Waals surface area contributed by atoms with Crippen molar-refractivity contribution in [3.8, 4) is 17.6 Å². The van der Waals surface area contributed by atoms with Crippen LogP contribution in [-0.4, -0.2) is 0 Å². The summed E-state index contributed by atoms with van der Waals surface area (Å²) in [5.74, 6) is 1.47. The quantitative estimate of drug-likeness (QED) is 0.907. The summed E-state index contributed by atoms with van der Waals surface area (Å²) in [5, 5.41) is 8.65. The molecule has 1 unspecified atom stereocenters. The van der Waals surface area contributed by atoms with E-state index in [2.05, 4.69) is 22.0 Å². The van der Waals surface area contributed by atoms with Gasteiger partial charge in [0.05, 0.1) is 12.5 Å². The van der Waals surface area contributed by atoms with Crippen LogP contribution in [0.1, 0.15) is 24.1 Å². The SMILES string of the molecule is CC(N)c1ccc(Br)cc1Oc1ccc(CC#N)cc1. The lowest BCUT2D eigenvalue weighted by atomic mass is 10.1. The zero-order chi connectivity index (χ0) is 14.5. The van der Waals surface area contributed by atoms with Gasteiger partial charge in [-0.1, -0.05) is 34.1 Å². The molecule has 2 aromatic rings. The van der Waals surface area contributed by atoms with Crippen molar-refractivity contribution in [2.75, 3.05) is 0 Å². The van der Waals surface area contributed by atoms with Crippen LogP contribution in [0.3, 0.4) is 0 Å². The lowest BCUT2D eigenvalue weighted by molar-refractivity contribution is 0.471. The van der Waals surface area contributed by atoms with Gasteiger partial charge in [0.15, 0.2) is 0 Å². The summed E-state index contributed by atoms with van der Waals surface area (Å²) in [5.41, 5.74) is 7.88. The highest BCUT2D eigenvalue weighted by molar-refractivity contribution is 9.10. The number of hydrogen-bond donors (Lipinski definition) is 1. The summed E-state index contributed by atoms with van der Waals surface area (Å²) in [6.45, 7) is 1.92. The van der Waals surface area contributed by atoms with Crippen molar-refractivity contribution in [3.63, 3.8) is 0 Å². The van der Waals surface area contributed by atoms with Gasteiger partial charge in [-0.2, -0.15) is 5.26 Å². The maximum absolute atomic E-state index is 8.65. The smallest absolute Gasteiger partial charge is 0.133 e. The van der Waals surface area contributed by atoms with E-state index in [4.69, 9.17) is 15.7 Å². The predicted octanol–water partition coefficient (Wildman–Crippen LogP) is 4.33. The van der Waals surface area contributed by atoms with E-state index in [1.807, 2.05) is 49.4 Å². The molecule has 0 heterocycles. The first-order valence-electron chi connectivity index (χ1n) is 6.29. The van der Waals surface area contributed by atoms with E-state index in [1.54, 1.807) is 0 Å². The van der Waals surface area contributed by atoms with Crippen molar-refractivity contribution in [1.29, 1.82) is 5.26 Å². The molecule has 1 atom stereocenters. The van der Waals surface area contributed by atoms with E-state index in [1.165, 1.54) is 0 Å². The first kappa shape index (κ1) is 14.6. The minimum atomic E-state index is -0.101. The Bertz CT molecular complexity index is 630. The van der Waals surface area contributed by atoms with E-state index < -0.39 is 0 Å². The Kier molecular flexibility index (Phi) is 4.78. The number of halogens is 1. The fraction of sp³-hybridized carbons (Fsp3) is 0.188. The zero-order valence-electron chi connectivity index (χ0n) is 11.1. The molecule has 4 heteroatoms. The highest BCUT2D eigenvalue weighted by Gasteiger charge is 2.09. The van der Waals surface area contributed by atoms with Gasteiger partial charge in [0.2, 0.25) is 0 Å². The van der Waals surface area contributed by atoms with Gasteiger partial charge in [-0.25, -0.2) is 0 Å². The fourth-order valence-electron chi connectivity index (χ4n) is 1.87. The third-order valence-corrected chi connectivity index (χ3v) is 3.39. The third kappa shape index (κ3) is 3.60. The van der Waals surface area contributed by atoms with Crippen LogP contribution in [-0.2, 0) is 6.42 Å². The lowest BCUT2D eigenvalue weighted by Crippen LogP contribution is -2.06. The number of rotatable bonds is 4. The maximum atomic E-state index is 8.65. The number of nitriles is 1. The third-order valence-electron chi connectivity index (χ3n) is 2.90. The molecule has 102 valence electrons. The van der Waals surface area contributed by atoms with Crippen LogP contribution in [0.25, 0.3) is 0 Å². The summed E-state index contributed by atoms with van der Waals surface area (Å²) in [4.78, 5) is 0.